The number of hydrogen-bond acceptors (Lipinski definition) is 9. The Morgan fingerprint density at radius 2 is 0.964 bits per heavy atom. The van der Waals surface area contributed by atoms with Gasteiger partial charge >= 0.3 is 25.7 Å². The maximum Gasteiger partial charge on any atom is 0.472 e. The van der Waals surface area contributed by atoms with Gasteiger partial charge in [0.2, 0.25) is 0 Å². The highest BCUT2D eigenvalue weighted by atomic mass is 31.2. The van der Waals surface area contributed by atoms with E-state index in [9.17, 15) is 23.8 Å². The van der Waals surface area contributed by atoms with Crippen molar-refractivity contribution in [3.8, 4) is 0 Å². The quantitative estimate of drug-likeness (QED) is 0.0235. The van der Waals surface area contributed by atoms with Crippen LogP contribution in [0.5, 0.6) is 0 Å². The first-order valence-electron chi connectivity index (χ1n) is 21.0. The van der Waals surface area contributed by atoms with Crippen LogP contribution >= 0.6 is 7.82 Å². The highest BCUT2D eigenvalue weighted by molar-refractivity contribution is 7.47. The van der Waals surface area contributed by atoms with E-state index in [2.05, 4.69) is 79.1 Å². The lowest BCUT2D eigenvalue weighted by atomic mass is 10.1. The molecule has 0 bridgehead atoms. The minimum Gasteiger partial charge on any atom is -0.480 e. The predicted octanol–water partition coefficient (Wildman–Crippen LogP) is 10.9. The molecule has 0 aliphatic carbocycles. The van der Waals surface area contributed by atoms with Gasteiger partial charge in [0, 0.05) is 12.8 Å². The SMILES string of the molecule is CCCCC/C=C/C/C=C/C/C=C/CCCCC(=O)OC[C@H](COP(=O)(O)OC[C@H](N)C(=O)O)OC(=O)CCC/C=C/C/C=C/C/C=C/CCCCCCCC. The highest BCUT2D eigenvalue weighted by Crippen LogP contribution is 2.43. The maximum atomic E-state index is 12.6. The summed E-state index contributed by atoms with van der Waals surface area (Å²) in [6.45, 7) is 2.66. The lowest BCUT2D eigenvalue weighted by molar-refractivity contribution is -0.161. The lowest BCUT2D eigenvalue weighted by Crippen LogP contribution is -2.34. The monoisotopic (exact) mass is 808 g/mol. The summed E-state index contributed by atoms with van der Waals surface area (Å²) >= 11 is 0. The highest BCUT2D eigenvalue weighted by Gasteiger charge is 2.28. The number of esters is 2. The summed E-state index contributed by atoms with van der Waals surface area (Å²) in [6, 6.07) is -1.54. The summed E-state index contributed by atoms with van der Waals surface area (Å²) < 4.78 is 32.5. The van der Waals surface area contributed by atoms with Crippen molar-refractivity contribution in [2.75, 3.05) is 19.8 Å². The number of carbonyl (C=O) groups is 3. The third-order valence-electron chi connectivity index (χ3n) is 8.43. The Hall–Kier alpha value is -3.08. The van der Waals surface area contributed by atoms with E-state index in [-0.39, 0.29) is 19.4 Å². The number of allylic oxidation sites excluding steroid dienone is 12. The van der Waals surface area contributed by atoms with E-state index < -0.39 is 51.1 Å². The van der Waals surface area contributed by atoms with Crippen molar-refractivity contribution < 1.29 is 47.5 Å². The van der Waals surface area contributed by atoms with Gasteiger partial charge < -0.3 is 25.2 Å². The van der Waals surface area contributed by atoms with Gasteiger partial charge in [0.05, 0.1) is 13.2 Å². The van der Waals surface area contributed by atoms with Crippen molar-refractivity contribution in [2.45, 2.75) is 167 Å². The summed E-state index contributed by atoms with van der Waals surface area (Å²) in [6.07, 6.45) is 45.5. The normalized spacial score (nSPS) is 14.5. The Labute approximate surface area is 338 Å². The molecular formula is C44H74NO10P. The molecule has 0 saturated heterocycles. The van der Waals surface area contributed by atoms with Crippen LogP contribution in [-0.4, -0.2) is 59.9 Å². The van der Waals surface area contributed by atoms with E-state index in [1.54, 1.807) is 0 Å². The smallest absolute Gasteiger partial charge is 0.472 e. The molecule has 0 fully saturated rings. The van der Waals surface area contributed by atoms with Crippen LogP contribution in [0.3, 0.4) is 0 Å². The van der Waals surface area contributed by atoms with Gasteiger partial charge in [-0.25, -0.2) is 4.57 Å². The van der Waals surface area contributed by atoms with E-state index in [1.165, 1.54) is 57.8 Å². The lowest BCUT2D eigenvalue weighted by Gasteiger charge is -2.20. The Kier molecular flexibility index (Phi) is 36.6. The van der Waals surface area contributed by atoms with Crippen molar-refractivity contribution in [3.63, 3.8) is 0 Å². The van der Waals surface area contributed by atoms with Crippen molar-refractivity contribution in [3.05, 3.63) is 72.9 Å². The second kappa shape index (κ2) is 38.8. The number of carboxylic acid groups (broad SMARTS) is 1. The van der Waals surface area contributed by atoms with Gasteiger partial charge in [-0.15, -0.1) is 0 Å². The zero-order valence-electron chi connectivity index (χ0n) is 34.4. The number of aliphatic carboxylic acids is 1. The molecule has 0 saturated carbocycles. The molecule has 0 rings (SSSR count). The molecule has 3 atom stereocenters. The Bertz CT molecular complexity index is 1230. The number of carboxylic acids is 1. The molecular weight excluding hydrogens is 733 g/mol. The molecule has 4 N–H and O–H groups in total. The van der Waals surface area contributed by atoms with Gasteiger partial charge in [-0.05, 0) is 83.5 Å². The van der Waals surface area contributed by atoms with E-state index in [4.69, 9.17) is 24.8 Å². The fourth-order valence-corrected chi connectivity index (χ4v) is 5.86. The van der Waals surface area contributed by atoms with Gasteiger partial charge in [-0.1, -0.05) is 132 Å². The number of phosphoric acid groups is 1. The number of carbonyl (C=O) groups excluding carboxylic acids is 2. The topological polar surface area (TPSA) is 172 Å². The van der Waals surface area contributed by atoms with Crippen LogP contribution in [-0.2, 0) is 37.5 Å². The second-order valence-corrected chi connectivity index (χ2v) is 15.2. The van der Waals surface area contributed by atoms with Crippen LogP contribution in [0, 0.1) is 0 Å². The molecule has 0 aliphatic rings. The molecule has 0 heterocycles. The zero-order valence-corrected chi connectivity index (χ0v) is 35.3. The third kappa shape index (κ3) is 37.8. The van der Waals surface area contributed by atoms with E-state index >= 15 is 0 Å². The van der Waals surface area contributed by atoms with Crippen LogP contribution in [0.4, 0.5) is 0 Å². The summed E-state index contributed by atoms with van der Waals surface area (Å²) in [7, 11) is -4.74. The second-order valence-electron chi connectivity index (χ2n) is 13.8. The van der Waals surface area contributed by atoms with E-state index in [1.807, 2.05) is 12.2 Å². The molecule has 0 radical (unpaired) electrons. The molecule has 12 heteroatoms. The standard InChI is InChI=1S/C44H74NO10P/c1-3-5-7-9-11-13-15-17-19-20-22-24-26-28-30-32-34-36-43(47)55-40(38-53-56(50,51)54-39-41(45)44(48)49)37-52-42(46)35-33-31-29-27-25-23-21-18-16-14-12-10-8-6-4-2/h12,14,17-19,21-22,24-25,27-28,30,40-41H,3-11,13,15-16,20,23,26,29,31-39,45H2,1-2H3,(H,48,49)(H,50,51)/b14-12+,19-17+,21-18+,24-22+,27-25+,30-28+/t40-,41+/m1/s1. The van der Waals surface area contributed by atoms with Crippen molar-refractivity contribution in [1.29, 1.82) is 0 Å². The summed E-state index contributed by atoms with van der Waals surface area (Å²) in [5, 5.41) is 8.88. The van der Waals surface area contributed by atoms with Gasteiger partial charge in [0.25, 0.3) is 0 Å². The third-order valence-corrected chi connectivity index (χ3v) is 9.38. The first-order valence-corrected chi connectivity index (χ1v) is 22.5. The average Bonchev–Trinajstić information content (AvgIpc) is 3.17. The molecule has 1 unspecified atom stereocenters. The number of phosphoric ester groups is 1. The fourth-order valence-electron chi connectivity index (χ4n) is 5.09. The number of hydrogen-bond donors (Lipinski definition) is 3. The van der Waals surface area contributed by atoms with Gasteiger partial charge in [0.15, 0.2) is 6.10 Å². The maximum absolute atomic E-state index is 12.6. The Balaban J connectivity index is 4.56. The largest absolute Gasteiger partial charge is 0.480 e. The molecule has 56 heavy (non-hydrogen) atoms. The molecule has 0 aromatic rings. The van der Waals surface area contributed by atoms with Gasteiger partial charge in [-0.2, -0.15) is 0 Å². The van der Waals surface area contributed by atoms with Crippen LogP contribution < -0.4 is 5.73 Å². The molecule has 0 spiro atoms. The van der Waals surface area contributed by atoms with Crippen LogP contribution in [0.15, 0.2) is 72.9 Å². The summed E-state index contributed by atoms with van der Waals surface area (Å²) in [5.41, 5.74) is 5.32. The predicted molar refractivity (Wildman–Crippen MR) is 226 cm³/mol. The number of nitrogens with two attached hydrogens (primary N) is 1. The number of rotatable bonds is 38. The summed E-state index contributed by atoms with van der Waals surface area (Å²) in [4.78, 5) is 45.8. The van der Waals surface area contributed by atoms with Gasteiger partial charge in [0.1, 0.15) is 12.6 Å². The summed E-state index contributed by atoms with van der Waals surface area (Å²) in [5.74, 6) is -2.50. The molecule has 0 aromatic carbocycles. The molecule has 0 aliphatic heterocycles. The van der Waals surface area contributed by atoms with Crippen molar-refractivity contribution in [2.24, 2.45) is 5.73 Å². The number of ether oxygens (including phenoxy) is 2. The van der Waals surface area contributed by atoms with Crippen LogP contribution in [0.25, 0.3) is 0 Å². The molecule has 0 aromatic heterocycles. The first-order chi connectivity index (χ1) is 27.1. The number of unbranched alkanes of at least 4 members (excludes halogenated alkanes) is 12. The first kappa shape index (κ1) is 52.9. The van der Waals surface area contributed by atoms with E-state index in [0.29, 0.717) is 19.3 Å². The zero-order chi connectivity index (χ0) is 41.4. The Morgan fingerprint density at radius 3 is 1.50 bits per heavy atom. The van der Waals surface area contributed by atoms with Crippen LogP contribution in [0.2, 0.25) is 0 Å². The van der Waals surface area contributed by atoms with E-state index in [0.717, 1.165) is 51.4 Å². The fraction of sp³-hybridized carbons (Fsp3) is 0.659. The molecule has 11 nitrogen and oxygen atoms in total. The van der Waals surface area contributed by atoms with Crippen LogP contribution in [0.1, 0.15) is 155 Å². The Morgan fingerprint density at radius 1 is 0.554 bits per heavy atom. The minimum absolute atomic E-state index is 0.0776. The van der Waals surface area contributed by atoms with Crippen molar-refractivity contribution >= 4 is 25.7 Å². The average molecular weight is 808 g/mol. The minimum atomic E-state index is -4.74. The molecule has 320 valence electrons. The van der Waals surface area contributed by atoms with Gasteiger partial charge in [-0.3, -0.25) is 23.4 Å². The molecule has 0 amide bonds. The van der Waals surface area contributed by atoms with Crippen molar-refractivity contribution in [1.82, 2.24) is 0 Å².